The van der Waals surface area contributed by atoms with Crippen molar-refractivity contribution in [3.05, 3.63) is 17.0 Å². The van der Waals surface area contributed by atoms with Crippen LogP contribution in [0.25, 0.3) is 0 Å². The van der Waals surface area contributed by atoms with Crippen LogP contribution in [0.15, 0.2) is 4.52 Å². The van der Waals surface area contributed by atoms with Crippen molar-refractivity contribution < 1.29 is 14.4 Å². The molecule has 1 fully saturated rings. The van der Waals surface area contributed by atoms with Gasteiger partial charge in [-0.15, -0.1) is 0 Å². The van der Waals surface area contributed by atoms with Gasteiger partial charge in [-0.2, -0.15) is 0 Å². The number of aryl methyl sites for hydroxylation is 2. The van der Waals surface area contributed by atoms with E-state index in [0.717, 1.165) is 55.5 Å². The number of nitrogens with zero attached hydrogens (tertiary/aromatic N) is 1. The number of aliphatic hydroxyl groups is 1. The van der Waals surface area contributed by atoms with E-state index >= 15 is 0 Å². The second-order valence-electron chi connectivity index (χ2n) is 6.14. The summed E-state index contributed by atoms with van der Waals surface area (Å²) in [6.45, 7) is 4.61. The average molecular weight is 309 g/mol. The third-order valence-corrected chi connectivity index (χ3v) is 4.53. The first-order valence-electron chi connectivity index (χ1n) is 8.18. The Morgan fingerprint density at radius 3 is 2.82 bits per heavy atom. The Morgan fingerprint density at radius 1 is 1.36 bits per heavy atom. The molecule has 0 radical (unpaired) electrons. The normalized spacial score (nSPS) is 21.6. The molecule has 2 rings (SSSR count). The first-order chi connectivity index (χ1) is 10.6. The summed E-state index contributed by atoms with van der Waals surface area (Å²) >= 11 is 0. The lowest BCUT2D eigenvalue weighted by molar-refractivity contribution is 0.153. The molecular formula is C16H27N3O3. The molecule has 1 aliphatic carbocycles. The second-order valence-corrected chi connectivity index (χ2v) is 6.14. The highest BCUT2D eigenvalue weighted by molar-refractivity contribution is 5.74. The minimum atomic E-state index is -0.135. The fraction of sp³-hybridized carbons (Fsp3) is 0.750. The average Bonchev–Trinajstić information content (AvgIpc) is 2.83. The van der Waals surface area contributed by atoms with E-state index in [4.69, 9.17) is 4.52 Å². The van der Waals surface area contributed by atoms with Crippen LogP contribution in [0.1, 0.15) is 49.1 Å². The van der Waals surface area contributed by atoms with Gasteiger partial charge in [0.1, 0.15) is 5.76 Å². The zero-order valence-electron chi connectivity index (χ0n) is 13.5. The quantitative estimate of drug-likeness (QED) is 0.702. The van der Waals surface area contributed by atoms with E-state index < -0.39 is 0 Å². The Kier molecular flexibility index (Phi) is 6.24. The SMILES string of the molecule is Cc1noc(C)c1CCCNC(=O)NC1CCCCC1CO. The number of nitrogens with one attached hydrogen (secondary N) is 2. The number of urea groups is 1. The third kappa shape index (κ3) is 4.47. The van der Waals surface area contributed by atoms with E-state index in [1.807, 2.05) is 13.8 Å². The molecule has 0 aliphatic heterocycles. The van der Waals surface area contributed by atoms with Gasteiger partial charge in [-0.3, -0.25) is 0 Å². The Labute approximate surface area is 131 Å². The molecular weight excluding hydrogens is 282 g/mol. The maximum atomic E-state index is 11.9. The fourth-order valence-electron chi connectivity index (χ4n) is 3.16. The van der Waals surface area contributed by atoms with Crippen LogP contribution in [0, 0.1) is 19.8 Å². The fourth-order valence-corrected chi connectivity index (χ4v) is 3.16. The Balaban J connectivity index is 1.67. The second kappa shape index (κ2) is 8.17. The lowest BCUT2D eigenvalue weighted by Gasteiger charge is -2.30. The molecule has 6 nitrogen and oxygen atoms in total. The first kappa shape index (κ1) is 16.8. The molecule has 124 valence electrons. The highest BCUT2D eigenvalue weighted by Crippen LogP contribution is 2.23. The summed E-state index contributed by atoms with van der Waals surface area (Å²) in [5.41, 5.74) is 2.06. The van der Waals surface area contributed by atoms with Crippen LogP contribution in [0.5, 0.6) is 0 Å². The lowest BCUT2D eigenvalue weighted by atomic mass is 9.85. The molecule has 0 aromatic carbocycles. The van der Waals surface area contributed by atoms with Crippen LogP contribution in [0.4, 0.5) is 4.79 Å². The predicted molar refractivity (Wildman–Crippen MR) is 83.7 cm³/mol. The van der Waals surface area contributed by atoms with Crippen molar-refractivity contribution in [2.45, 2.75) is 58.4 Å². The number of aromatic nitrogens is 1. The smallest absolute Gasteiger partial charge is 0.315 e. The van der Waals surface area contributed by atoms with Gasteiger partial charge in [-0.1, -0.05) is 18.0 Å². The molecule has 22 heavy (non-hydrogen) atoms. The summed E-state index contributed by atoms with van der Waals surface area (Å²) in [5.74, 6) is 1.05. The maximum absolute atomic E-state index is 11.9. The van der Waals surface area contributed by atoms with Crippen LogP contribution in [0.2, 0.25) is 0 Å². The minimum Gasteiger partial charge on any atom is -0.396 e. The monoisotopic (exact) mass is 309 g/mol. The topological polar surface area (TPSA) is 87.4 Å². The van der Waals surface area contributed by atoms with Gasteiger partial charge in [0.25, 0.3) is 0 Å². The summed E-state index contributed by atoms with van der Waals surface area (Å²) in [5, 5.41) is 19.2. The van der Waals surface area contributed by atoms with Crippen LogP contribution >= 0.6 is 0 Å². The summed E-state index contributed by atoms with van der Waals surface area (Å²) in [6.07, 6.45) is 5.91. The molecule has 0 saturated heterocycles. The molecule has 1 heterocycles. The number of aliphatic hydroxyl groups excluding tert-OH is 1. The standard InChI is InChI=1S/C16H27N3O3/c1-11-14(12(2)22-19-11)7-5-9-17-16(21)18-15-8-4-3-6-13(15)10-20/h13,15,20H,3-10H2,1-2H3,(H2,17,18,21). The van der Waals surface area contributed by atoms with E-state index in [0.29, 0.717) is 6.54 Å². The van der Waals surface area contributed by atoms with Gasteiger partial charge in [0.05, 0.1) is 5.69 Å². The number of rotatable bonds is 6. The van der Waals surface area contributed by atoms with Gasteiger partial charge < -0.3 is 20.3 Å². The maximum Gasteiger partial charge on any atom is 0.315 e. The van der Waals surface area contributed by atoms with Gasteiger partial charge >= 0.3 is 6.03 Å². The lowest BCUT2D eigenvalue weighted by Crippen LogP contribution is -2.47. The van der Waals surface area contributed by atoms with Crippen LogP contribution in [-0.2, 0) is 6.42 Å². The molecule has 1 aliphatic rings. The molecule has 3 N–H and O–H groups in total. The number of carbonyl (C=O) groups excluding carboxylic acids is 1. The van der Waals surface area contributed by atoms with Gasteiger partial charge in [0.15, 0.2) is 0 Å². The molecule has 2 unspecified atom stereocenters. The Hall–Kier alpha value is -1.56. The molecule has 1 aromatic heterocycles. The Bertz CT molecular complexity index is 467. The number of hydrogen-bond acceptors (Lipinski definition) is 4. The highest BCUT2D eigenvalue weighted by atomic mass is 16.5. The summed E-state index contributed by atoms with van der Waals surface area (Å²) in [6, 6.07) is -0.0366. The predicted octanol–water partition coefficient (Wildman–Crippen LogP) is 2.07. The van der Waals surface area contributed by atoms with Crippen molar-refractivity contribution in [1.82, 2.24) is 15.8 Å². The van der Waals surface area contributed by atoms with Crippen molar-refractivity contribution >= 4 is 6.03 Å². The molecule has 1 saturated carbocycles. The molecule has 6 heteroatoms. The third-order valence-electron chi connectivity index (χ3n) is 4.53. The summed E-state index contributed by atoms with van der Waals surface area (Å²) in [4.78, 5) is 11.9. The van der Waals surface area contributed by atoms with Gasteiger partial charge in [0, 0.05) is 30.7 Å². The van der Waals surface area contributed by atoms with Crippen molar-refractivity contribution in [1.29, 1.82) is 0 Å². The van der Waals surface area contributed by atoms with Crippen LogP contribution < -0.4 is 10.6 Å². The van der Waals surface area contributed by atoms with E-state index in [2.05, 4.69) is 15.8 Å². The van der Waals surface area contributed by atoms with E-state index in [1.54, 1.807) is 0 Å². The largest absolute Gasteiger partial charge is 0.396 e. The molecule has 0 spiro atoms. The van der Waals surface area contributed by atoms with E-state index in [9.17, 15) is 9.90 Å². The summed E-state index contributed by atoms with van der Waals surface area (Å²) in [7, 11) is 0. The van der Waals surface area contributed by atoms with Crippen molar-refractivity contribution in [3.8, 4) is 0 Å². The zero-order chi connectivity index (χ0) is 15.9. The molecule has 2 atom stereocenters. The molecule has 1 aromatic rings. The Morgan fingerprint density at radius 2 is 2.14 bits per heavy atom. The van der Waals surface area contributed by atoms with Crippen molar-refractivity contribution in [2.24, 2.45) is 5.92 Å². The van der Waals surface area contributed by atoms with Gasteiger partial charge in [-0.05, 0) is 39.5 Å². The van der Waals surface area contributed by atoms with Crippen molar-refractivity contribution in [3.63, 3.8) is 0 Å². The highest BCUT2D eigenvalue weighted by Gasteiger charge is 2.25. The minimum absolute atomic E-state index is 0.0984. The van der Waals surface area contributed by atoms with Gasteiger partial charge in [-0.25, -0.2) is 4.79 Å². The van der Waals surface area contributed by atoms with E-state index in [-0.39, 0.29) is 24.6 Å². The van der Waals surface area contributed by atoms with Crippen LogP contribution in [-0.4, -0.2) is 35.5 Å². The molecule has 2 amide bonds. The first-order valence-corrected chi connectivity index (χ1v) is 8.18. The number of hydrogen-bond donors (Lipinski definition) is 3. The number of amides is 2. The molecule has 0 bridgehead atoms. The van der Waals surface area contributed by atoms with Gasteiger partial charge in [0.2, 0.25) is 0 Å². The van der Waals surface area contributed by atoms with Crippen molar-refractivity contribution in [2.75, 3.05) is 13.2 Å². The van der Waals surface area contributed by atoms with Crippen LogP contribution in [0.3, 0.4) is 0 Å². The van der Waals surface area contributed by atoms with E-state index in [1.165, 1.54) is 0 Å². The summed E-state index contributed by atoms with van der Waals surface area (Å²) < 4.78 is 5.12. The zero-order valence-corrected chi connectivity index (χ0v) is 13.5. The number of carbonyl (C=O) groups is 1.